The zero-order valence-corrected chi connectivity index (χ0v) is 13.6. The summed E-state index contributed by atoms with van der Waals surface area (Å²) in [7, 11) is 0.00479. The molecule has 1 rings (SSSR count). The standard InChI is InChI=1S/C13H20ClNO4S/c1-5-20(16,17)8-9(2)15-11-6-10(14)12(18-3)7-13(11)19-4/h6-7,9,15H,5,8H2,1-4H3. The minimum atomic E-state index is -3.04. The molecule has 0 aliphatic rings. The van der Waals surface area contributed by atoms with Crippen LogP contribution in [0.3, 0.4) is 0 Å². The van der Waals surface area contributed by atoms with Gasteiger partial charge in [0.05, 0.1) is 30.7 Å². The molecule has 1 aromatic rings. The lowest BCUT2D eigenvalue weighted by molar-refractivity contribution is 0.395. The van der Waals surface area contributed by atoms with Gasteiger partial charge in [0.2, 0.25) is 0 Å². The van der Waals surface area contributed by atoms with Gasteiger partial charge in [-0.15, -0.1) is 0 Å². The van der Waals surface area contributed by atoms with Crippen LogP contribution in [-0.2, 0) is 9.84 Å². The van der Waals surface area contributed by atoms with Crippen molar-refractivity contribution in [3.63, 3.8) is 0 Å². The summed E-state index contributed by atoms with van der Waals surface area (Å²) in [6.07, 6.45) is 0. The fourth-order valence-corrected chi connectivity index (χ4v) is 3.10. The minimum Gasteiger partial charge on any atom is -0.495 e. The Hall–Kier alpha value is -1.14. The second-order valence-corrected chi connectivity index (χ2v) is 7.24. The third-order valence-electron chi connectivity index (χ3n) is 2.82. The lowest BCUT2D eigenvalue weighted by Gasteiger charge is -2.18. The number of methoxy groups -OCH3 is 2. The fraction of sp³-hybridized carbons (Fsp3) is 0.538. The predicted octanol–water partition coefficient (Wildman–Crippen LogP) is 2.59. The summed E-state index contributed by atoms with van der Waals surface area (Å²) in [5, 5.41) is 3.53. The van der Waals surface area contributed by atoms with Crippen molar-refractivity contribution < 1.29 is 17.9 Å². The van der Waals surface area contributed by atoms with Gasteiger partial charge >= 0.3 is 0 Å². The van der Waals surface area contributed by atoms with Gasteiger partial charge in [-0.2, -0.15) is 0 Å². The Labute approximate surface area is 125 Å². The van der Waals surface area contributed by atoms with E-state index < -0.39 is 9.84 Å². The molecule has 1 N–H and O–H groups in total. The average molecular weight is 322 g/mol. The molecule has 0 heterocycles. The third-order valence-corrected chi connectivity index (χ3v) is 5.00. The number of sulfone groups is 1. The number of benzene rings is 1. The molecule has 0 fully saturated rings. The molecule has 0 amide bonds. The van der Waals surface area contributed by atoms with Gasteiger partial charge in [-0.05, 0) is 13.0 Å². The Kier molecular flexibility index (Phi) is 5.95. The van der Waals surface area contributed by atoms with Crippen LogP contribution >= 0.6 is 11.6 Å². The Bertz CT molecular complexity index is 560. The molecule has 114 valence electrons. The van der Waals surface area contributed by atoms with E-state index in [9.17, 15) is 8.42 Å². The van der Waals surface area contributed by atoms with Crippen LogP contribution in [0, 0.1) is 0 Å². The molecule has 1 unspecified atom stereocenters. The van der Waals surface area contributed by atoms with Crippen LogP contribution in [0.2, 0.25) is 5.02 Å². The van der Waals surface area contributed by atoms with E-state index in [2.05, 4.69) is 5.32 Å². The zero-order chi connectivity index (χ0) is 15.3. The topological polar surface area (TPSA) is 64.6 Å². The summed E-state index contributed by atoms with van der Waals surface area (Å²) >= 11 is 6.06. The zero-order valence-electron chi connectivity index (χ0n) is 12.1. The monoisotopic (exact) mass is 321 g/mol. The van der Waals surface area contributed by atoms with Crippen molar-refractivity contribution in [2.75, 3.05) is 31.0 Å². The molecule has 0 saturated carbocycles. The highest BCUT2D eigenvalue weighted by atomic mass is 35.5. The van der Waals surface area contributed by atoms with Crippen LogP contribution in [0.25, 0.3) is 0 Å². The summed E-state index contributed by atoms with van der Waals surface area (Å²) in [4.78, 5) is 0. The second kappa shape index (κ2) is 7.04. The highest BCUT2D eigenvalue weighted by Gasteiger charge is 2.16. The summed E-state index contributed by atoms with van der Waals surface area (Å²) in [5.74, 6) is 1.23. The molecule has 7 heteroatoms. The van der Waals surface area contributed by atoms with Crippen LogP contribution in [-0.4, -0.2) is 40.2 Å². The first-order valence-corrected chi connectivity index (χ1v) is 8.41. The van der Waals surface area contributed by atoms with Gasteiger partial charge in [0.25, 0.3) is 0 Å². The van der Waals surface area contributed by atoms with Crippen molar-refractivity contribution in [3.05, 3.63) is 17.2 Å². The van der Waals surface area contributed by atoms with E-state index in [0.29, 0.717) is 22.2 Å². The second-order valence-electron chi connectivity index (χ2n) is 4.43. The molecule has 0 aliphatic carbocycles. The van der Waals surface area contributed by atoms with E-state index in [-0.39, 0.29) is 17.5 Å². The van der Waals surface area contributed by atoms with E-state index >= 15 is 0 Å². The first kappa shape index (κ1) is 16.9. The fourth-order valence-electron chi connectivity index (χ4n) is 1.78. The van der Waals surface area contributed by atoms with E-state index in [4.69, 9.17) is 21.1 Å². The van der Waals surface area contributed by atoms with Crippen LogP contribution in [0.5, 0.6) is 11.5 Å². The maximum atomic E-state index is 11.6. The Morgan fingerprint density at radius 1 is 1.25 bits per heavy atom. The number of nitrogens with one attached hydrogen (secondary N) is 1. The van der Waals surface area contributed by atoms with Crippen molar-refractivity contribution in [1.82, 2.24) is 0 Å². The van der Waals surface area contributed by atoms with Crippen LogP contribution in [0.1, 0.15) is 13.8 Å². The molecule has 0 spiro atoms. The number of hydrogen-bond acceptors (Lipinski definition) is 5. The van der Waals surface area contributed by atoms with Crippen molar-refractivity contribution in [3.8, 4) is 11.5 Å². The van der Waals surface area contributed by atoms with Crippen LogP contribution in [0.4, 0.5) is 5.69 Å². The molecule has 5 nitrogen and oxygen atoms in total. The maximum Gasteiger partial charge on any atom is 0.152 e. The maximum absolute atomic E-state index is 11.6. The molecule has 0 saturated heterocycles. The van der Waals surface area contributed by atoms with Gasteiger partial charge in [0, 0.05) is 17.9 Å². The molecule has 20 heavy (non-hydrogen) atoms. The Balaban J connectivity index is 2.94. The Morgan fingerprint density at radius 2 is 1.85 bits per heavy atom. The molecular weight excluding hydrogens is 302 g/mol. The number of ether oxygens (including phenoxy) is 2. The van der Waals surface area contributed by atoms with Gasteiger partial charge in [0.15, 0.2) is 9.84 Å². The lowest BCUT2D eigenvalue weighted by atomic mass is 10.2. The lowest BCUT2D eigenvalue weighted by Crippen LogP contribution is -2.26. The highest BCUT2D eigenvalue weighted by Crippen LogP contribution is 2.36. The van der Waals surface area contributed by atoms with Gasteiger partial charge in [-0.1, -0.05) is 18.5 Å². The smallest absolute Gasteiger partial charge is 0.152 e. The first-order valence-electron chi connectivity index (χ1n) is 6.21. The molecule has 0 aromatic heterocycles. The number of rotatable bonds is 7. The van der Waals surface area contributed by atoms with Gasteiger partial charge in [-0.25, -0.2) is 8.42 Å². The predicted molar refractivity (Wildman–Crippen MR) is 82.0 cm³/mol. The number of halogens is 1. The SMILES string of the molecule is CCS(=O)(=O)CC(C)Nc1cc(Cl)c(OC)cc1OC. The summed E-state index contributed by atoms with van der Waals surface area (Å²) in [5.41, 5.74) is 0.636. The van der Waals surface area contributed by atoms with Crippen molar-refractivity contribution >= 4 is 27.1 Å². The first-order chi connectivity index (χ1) is 9.32. The molecular formula is C13H20ClNO4S. The van der Waals surface area contributed by atoms with Crippen LogP contribution in [0.15, 0.2) is 12.1 Å². The van der Waals surface area contributed by atoms with E-state index in [1.807, 2.05) is 0 Å². The van der Waals surface area contributed by atoms with E-state index in [1.54, 1.807) is 26.0 Å². The molecule has 1 atom stereocenters. The van der Waals surface area contributed by atoms with E-state index in [1.165, 1.54) is 14.2 Å². The average Bonchev–Trinajstić information content (AvgIpc) is 2.38. The van der Waals surface area contributed by atoms with Crippen molar-refractivity contribution in [2.45, 2.75) is 19.9 Å². The van der Waals surface area contributed by atoms with Crippen LogP contribution < -0.4 is 14.8 Å². The van der Waals surface area contributed by atoms with Gasteiger partial charge < -0.3 is 14.8 Å². The third kappa shape index (κ3) is 4.45. The minimum absolute atomic E-state index is 0.0519. The largest absolute Gasteiger partial charge is 0.495 e. The van der Waals surface area contributed by atoms with Crippen molar-refractivity contribution in [2.24, 2.45) is 0 Å². The molecule has 0 radical (unpaired) electrons. The van der Waals surface area contributed by atoms with E-state index in [0.717, 1.165) is 0 Å². The number of anilines is 1. The molecule has 0 bridgehead atoms. The molecule has 1 aromatic carbocycles. The normalized spacial score (nSPS) is 12.8. The summed E-state index contributed by atoms with van der Waals surface area (Å²) in [6.45, 7) is 3.43. The number of hydrogen-bond donors (Lipinski definition) is 1. The van der Waals surface area contributed by atoms with Gasteiger partial charge in [0.1, 0.15) is 11.5 Å². The molecule has 0 aliphatic heterocycles. The highest BCUT2D eigenvalue weighted by molar-refractivity contribution is 7.91. The van der Waals surface area contributed by atoms with Crippen molar-refractivity contribution in [1.29, 1.82) is 0 Å². The summed E-state index contributed by atoms with van der Waals surface area (Å²) in [6, 6.07) is 3.07. The van der Waals surface area contributed by atoms with Gasteiger partial charge in [-0.3, -0.25) is 0 Å². The quantitative estimate of drug-likeness (QED) is 0.836. The summed E-state index contributed by atoms with van der Waals surface area (Å²) < 4.78 is 33.6. The Morgan fingerprint density at radius 3 is 2.35 bits per heavy atom.